The second kappa shape index (κ2) is 10.8. The Morgan fingerprint density at radius 2 is 1.97 bits per heavy atom. The summed E-state index contributed by atoms with van der Waals surface area (Å²) in [6.45, 7) is 3.55. The maximum Gasteiger partial charge on any atom is 0.191 e. The lowest BCUT2D eigenvalue weighted by Gasteiger charge is -2.27. The van der Waals surface area contributed by atoms with Crippen LogP contribution in [0.1, 0.15) is 24.0 Å². The predicted molar refractivity (Wildman–Crippen MR) is 115 cm³/mol. The van der Waals surface area contributed by atoms with Crippen LogP contribution in [-0.4, -0.2) is 44.5 Å². The van der Waals surface area contributed by atoms with E-state index in [0.717, 1.165) is 48.8 Å². The summed E-state index contributed by atoms with van der Waals surface area (Å²) in [5.41, 5.74) is 2.28. The average Bonchev–Trinajstić information content (AvgIpc) is 3.22. The van der Waals surface area contributed by atoms with Crippen LogP contribution in [0.2, 0.25) is 0 Å². The van der Waals surface area contributed by atoms with Crippen LogP contribution in [0, 0.1) is 5.41 Å². The number of aliphatic imine (C=N–C) groups is 1. The molecule has 1 unspecified atom stereocenters. The zero-order chi connectivity index (χ0) is 20.4. The number of nitrogens with one attached hydrogen (secondary N) is 2. The normalized spacial score (nSPS) is 19.2. The third kappa shape index (κ3) is 6.48. The van der Waals surface area contributed by atoms with Gasteiger partial charge in [-0.2, -0.15) is 0 Å². The van der Waals surface area contributed by atoms with Crippen molar-refractivity contribution < 1.29 is 14.6 Å². The molecule has 1 saturated heterocycles. The van der Waals surface area contributed by atoms with Crippen LogP contribution >= 0.6 is 0 Å². The van der Waals surface area contributed by atoms with E-state index >= 15 is 0 Å². The van der Waals surface area contributed by atoms with Gasteiger partial charge in [0.25, 0.3) is 0 Å². The van der Waals surface area contributed by atoms with Gasteiger partial charge in [-0.15, -0.1) is 0 Å². The van der Waals surface area contributed by atoms with Crippen molar-refractivity contribution in [3.05, 3.63) is 65.7 Å². The molecule has 6 heteroatoms. The van der Waals surface area contributed by atoms with E-state index in [4.69, 9.17) is 9.47 Å². The third-order valence-electron chi connectivity index (χ3n) is 5.28. The van der Waals surface area contributed by atoms with Gasteiger partial charge in [0, 0.05) is 38.8 Å². The molecule has 1 aliphatic rings. The number of para-hydroxylation sites is 1. The fraction of sp³-hybridized carbons (Fsp3) is 0.435. The quantitative estimate of drug-likeness (QED) is 0.448. The van der Waals surface area contributed by atoms with E-state index < -0.39 is 0 Å². The molecule has 29 heavy (non-hydrogen) atoms. The standard InChI is InChI=1S/C23H31N3O3/c1-24-22(26-17-23(10-12-27)11-13-28-18-23)25-15-19-6-5-7-20(14-19)16-29-21-8-3-2-4-9-21/h2-9,14,27H,10-13,15-18H2,1H3,(H2,24,25,26). The number of aliphatic hydroxyl groups is 1. The fourth-order valence-electron chi connectivity index (χ4n) is 3.50. The van der Waals surface area contributed by atoms with Crippen molar-refractivity contribution in [2.24, 2.45) is 10.4 Å². The van der Waals surface area contributed by atoms with Gasteiger partial charge in [-0.25, -0.2) is 0 Å². The Morgan fingerprint density at radius 3 is 2.69 bits per heavy atom. The molecule has 1 heterocycles. The van der Waals surface area contributed by atoms with Crippen molar-refractivity contribution in [2.75, 3.05) is 33.4 Å². The average molecular weight is 398 g/mol. The van der Waals surface area contributed by atoms with Gasteiger partial charge in [-0.1, -0.05) is 42.5 Å². The maximum absolute atomic E-state index is 9.37. The van der Waals surface area contributed by atoms with Crippen molar-refractivity contribution in [1.82, 2.24) is 10.6 Å². The summed E-state index contributed by atoms with van der Waals surface area (Å²) in [7, 11) is 1.77. The zero-order valence-electron chi connectivity index (χ0n) is 17.1. The Labute approximate surface area is 173 Å². The van der Waals surface area contributed by atoms with Crippen LogP contribution in [0.4, 0.5) is 0 Å². The number of ether oxygens (including phenoxy) is 2. The molecule has 0 saturated carbocycles. The van der Waals surface area contributed by atoms with E-state index in [-0.39, 0.29) is 12.0 Å². The monoisotopic (exact) mass is 397 g/mol. The second-order valence-corrected chi connectivity index (χ2v) is 7.48. The van der Waals surface area contributed by atoms with Crippen molar-refractivity contribution in [3.63, 3.8) is 0 Å². The van der Waals surface area contributed by atoms with E-state index in [1.807, 2.05) is 36.4 Å². The summed E-state index contributed by atoms with van der Waals surface area (Å²) in [5, 5.41) is 16.1. The molecule has 0 radical (unpaired) electrons. The second-order valence-electron chi connectivity index (χ2n) is 7.48. The fourth-order valence-corrected chi connectivity index (χ4v) is 3.50. The first-order chi connectivity index (χ1) is 14.2. The van der Waals surface area contributed by atoms with Gasteiger partial charge in [0.2, 0.25) is 0 Å². The van der Waals surface area contributed by atoms with Gasteiger partial charge < -0.3 is 25.2 Å². The largest absolute Gasteiger partial charge is 0.489 e. The SMILES string of the molecule is CN=C(NCc1cccc(COc2ccccc2)c1)NCC1(CCO)CCOC1. The lowest BCUT2D eigenvalue weighted by atomic mass is 9.84. The molecule has 0 aromatic heterocycles. The number of rotatable bonds is 9. The number of nitrogens with zero attached hydrogens (tertiary/aromatic N) is 1. The van der Waals surface area contributed by atoms with E-state index in [1.54, 1.807) is 7.05 Å². The topological polar surface area (TPSA) is 75.1 Å². The molecular weight excluding hydrogens is 366 g/mol. The molecular formula is C23H31N3O3. The van der Waals surface area contributed by atoms with Gasteiger partial charge in [0.15, 0.2) is 5.96 Å². The van der Waals surface area contributed by atoms with Gasteiger partial charge in [-0.3, -0.25) is 4.99 Å². The minimum absolute atomic E-state index is 0.0128. The first-order valence-electron chi connectivity index (χ1n) is 10.1. The Kier molecular flexibility index (Phi) is 7.90. The van der Waals surface area contributed by atoms with Crippen LogP contribution < -0.4 is 15.4 Å². The highest BCUT2D eigenvalue weighted by molar-refractivity contribution is 5.79. The van der Waals surface area contributed by atoms with E-state index in [0.29, 0.717) is 19.8 Å². The van der Waals surface area contributed by atoms with Crippen molar-refractivity contribution in [3.8, 4) is 5.75 Å². The Bertz CT molecular complexity index is 774. The molecule has 0 bridgehead atoms. The van der Waals surface area contributed by atoms with Crippen LogP contribution in [0.3, 0.4) is 0 Å². The zero-order valence-corrected chi connectivity index (χ0v) is 17.1. The highest BCUT2D eigenvalue weighted by Crippen LogP contribution is 2.31. The molecule has 2 aromatic rings. The third-order valence-corrected chi connectivity index (χ3v) is 5.28. The molecule has 0 spiro atoms. The Morgan fingerprint density at radius 1 is 1.14 bits per heavy atom. The summed E-state index contributed by atoms with van der Waals surface area (Å²) in [5.74, 6) is 1.62. The van der Waals surface area contributed by atoms with Gasteiger partial charge in [-0.05, 0) is 36.1 Å². The van der Waals surface area contributed by atoms with E-state index in [2.05, 4.69) is 33.8 Å². The lowest BCUT2D eigenvalue weighted by Crippen LogP contribution is -2.44. The summed E-state index contributed by atoms with van der Waals surface area (Å²) in [4.78, 5) is 4.32. The maximum atomic E-state index is 9.37. The van der Waals surface area contributed by atoms with Crippen LogP contribution in [0.5, 0.6) is 5.75 Å². The smallest absolute Gasteiger partial charge is 0.191 e. The van der Waals surface area contributed by atoms with E-state index in [1.165, 1.54) is 0 Å². The number of hydrogen-bond acceptors (Lipinski definition) is 4. The molecule has 1 atom stereocenters. The summed E-state index contributed by atoms with van der Waals surface area (Å²) in [6, 6.07) is 18.2. The summed E-state index contributed by atoms with van der Waals surface area (Å²) >= 11 is 0. The molecule has 0 amide bonds. The Hall–Kier alpha value is -2.57. The molecule has 3 N–H and O–H groups in total. The first kappa shape index (κ1) is 21.1. The number of hydrogen-bond donors (Lipinski definition) is 3. The molecule has 6 nitrogen and oxygen atoms in total. The van der Waals surface area contributed by atoms with Crippen LogP contribution in [-0.2, 0) is 17.9 Å². The molecule has 1 aliphatic heterocycles. The molecule has 0 aliphatic carbocycles. The van der Waals surface area contributed by atoms with Gasteiger partial charge >= 0.3 is 0 Å². The molecule has 1 fully saturated rings. The molecule has 2 aromatic carbocycles. The highest BCUT2D eigenvalue weighted by atomic mass is 16.5. The minimum atomic E-state index is -0.0128. The summed E-state index contributed by atoms with van der Waals surface area (Å²) < 4.78 is 11.4. The first-order valence-corrected chi connectivity index (χ1v) is 10.1. The number of aliphatic hydroxyl groups excluding tert-OH is 1. The Balaban J connectivity index is 1.49. The van der Waals surface area contributed by atoms with Crippen molar-refractivity contribution in [1.29, 1.82) is 0 Å². The van der Waals surface area contributed by atoms with Crippen molar-refractivity contribution >= 4 is 5.96 Å². The summed E-state index contributed by atoms with van der Waals surface area (Å²) in [6.07, 6.45) is 1.70. The van der Waals surface area contributed by atoms with E-state index in [9.17, 15) is 5.11 Å². The molecule has 3 rings (SSSR count). The number of guanidine groups is 1. The number of benzene rings is 2. The van der Waals surface area contributed by atoms with Gasteiger partial charge in [0.05, 0.1) is 6.61 Å². The van der Waals surface area contributed by atoms with Crippen molar-refractivity contribution in [2.45, 2.75) is 26.0 Å². The predicted octanol–water partition coefficient (Wildman–Crippen LogP) is 2.72. The van der Waals surface area contributed by atoms with Gasteiger partial charge in [0.1, 0.15) is 12.4 Å². The van der Waals surface area contributed by atoms with Crippen LogP contribution in [0.25, 0.3) is 0 Å². The molecule has 156 valence electrons. The minimum Gasteiger partial charge on any atom is -0.489 e. The highest BCUT2D eigenvalue weighted by Gasteiger charge is 2.34. The van der Waals surface area contributed by atoms with Crippen LogP contribution in [0.15, 0.2) is 59.6 Å². The lowest BCUT2D eigenvalue weighted by molar-refractivity contribution is 0.127.